The van der Waals surface area contributed by atoms with Gasteiger partial charge in [-0.1, -0.05) is 31.9 Å². The number of aromatic hydroxyl groups is 1. The molecule has 5 heteroatoms. The van der Waals surface area contributed by atoms with Crippen molar-refractivity contribution in [3.8, 4) is 11.5 Å². The van der Waals surface area contributed by atoms with Crippen molar-refractivity contribution in [3.63, 3.8) is 0 Å². The van der Waals surface area contributed by atoms with Crippen LogP contribution < -0.4 is 10.2 Å². The van der Waals surface area contributed by atoms with Crippen LogP contribution in [0.4, 0.5) is 0 Å². The maximum Gasteiger partial charge on any atom is 0.275 e. The molecule has 0 aliphatic carbocycles. The summed E-state index contributed by atoms with van der Waals surface area (Å²) >= 11 is 0. The predicted molar refractivity (Wildman–Crippen MR) is 94.6 cm³/mol. The van der Waals surface area contributed by atoms with Gasteiger partial charge in [0.25, 0.3) is 5.91 Å². The SMILES string of the molecule is CCCCCOc1ccc(/C=N\NC(=O)c2ccccc2O)cc1. The normalized spacial score (nSPS) is 10.7. The van der Waals surface area contributed by atoms with E-state index >= 15 is 0 Å². The minimum Gasteiger partial charge on any atom is -0.507 e. The molecule has 1 amide bonds. The lowest BCUT2D eigenvalue weighted by molar-refractivity contribution is 0.0952. The van der Waals surface area contributed by atoms with E-state index in [1.54, 1.807) is 18.3 Å². The second-order valence-electron chi connectivity index (χ2n) is 5.34. The van der Waals surface area contributed by atoms with Crippen molar-refractivity contribution in [2.45, 2.75) is 26.2 Å². The Hall–Kier alpha value is -2.82. The molecule has 126 valence electrons. The van der Waals surface area contributed by atoms with Crippen LogP contribution in [0.5, 0.6) is 11.5 Å². The number of unbranched alkanes of at least 4 members (excludes halogenated alkanes) is 2. The van der Waals surface area contributed by atoms with Crippen molar-refractivity contribution >= 4 is 12.1 Å². The van der Waals surface area contributed by atoms with Crippen LogP contribution in [0, 0.1) is 0 Å². The van der Waals surface area contributed by atoms with Crippen LogP contribution in [0.15, 0.2) is 53.6 Å². The van der Waals surface area contributed by atoms with Gasteiger partial charge in [0, 0.05) is 0 Å². The Morgan fingerprint density at radius 1 is 1.17 bits per heavy atom. The van der Waals surface area contributed by atoms with Gasteiger partial charge in [-0.2, -0.15) is 5.10 Å². The molecule has 0 fully saturated rings. The second kappa shape index (κ2) is 9.35. The molecule has 0 atom stereocenters. The van der Waals surface area contributed by atoms with Crippen molar-refractivity contribution in [1.82, 2.24) is 5.43 Å². The number of phenols is 1. The van der Waals surface area contributed by atoms with E-state index < -0.39 is 5.91 Å². The Labute approximate surface area is 142 Å². The van der Waals surface area contributed by atoms with E-state index in [9.17, 15) is 9.90 Å². The fraction of sp³-hybridized carbons (Fsp3) is 0.263. The molecule has 2 aromatic carbocycles. The molecule has 2 N–H and O–H groups in total. The third-order valence-corrected chi connectivity index (χ3v) is 3.43. The summed E-state index contributed by atoms with van der Waals surface area (Å²) in [5, 5.41) is 13.5. The molecule has 0 aliphatic rings. The summed E-state index contributed by atoms with van der Waals surface area (Å²) in [7, 11) is 0. The first-order valence-electron chi connectivity index (χ1n) is 8.05. The minimum atomic E-state index is -0.458. The molecule has 0 unspecified atom stereocenters. The fourth-order valence-corrected chi connectivity index (χ4v) is 2.08. The summed E-state index contributed by atoms with van der Waals surface area (Å²) in [6.07, 6.45) is 4.93. The Balaban J connectivity index is 1.84. The van der Waals surface area contributed by atoms with Crippen LogP contribution in [0.3, 0.4) is 0 Å². The number of amides is 1. The average Bonchev–Trinajstić information content (AvgIpc) is 2.60. The Kier molecular flexibility index (Phi) is 6.83. The number of ether oxygens (including phenoxy) is 1. The summed E-state index contributed by atoms with van der Waals surface area (Å²) in [6, 6.07) is 13.8. The molecule has 0 bridgehead atoms. The maximum absolute atomic E-state index is 11.9. The highest BCUT2D eigenvalue weighted by Gasteiger charge is 2.08. The van der Waals surface area contributed by atoms with Gasteiger partial charge in [0.05, 0.1) is 18.4 Å². The number of hydrogen-bond acceptors (Lipinski definition) is 4. The van der Waals surface area contributed by atoms with Gasteiger partial charge >= 0.3 is 0 Å². The molecule has 2 rings (SSSR count). The first-order chi connectivity index (χ1) is 11.7. The number of para-hydroxylation sites is 1. The first-order valence-corrected chi connectivity index (χ1v) is 8.05. The van der Waals surface area contributed by atoms with Crippen LogP contribution in [0.2, 0.25) is 0 Å². The number of nitrogens with one attached hydrogen (secondary N) is 1. The summed E-state index contributed by atoms with van der Waals surface area (Å²) in [6.45, 7) is 2.88. The highest BCUT2D eigenvalue weighted by molar-refractivity contribution is 5.97. The van der Waals surface area contributed by atoms with Gasteiger partial charge in [0.15, 0.2) is 0 Å². The van der Waals surface area contributed by atoms with Crippen LogP contribution in [0.25, 0.3) is 0 Å². The lowest BCUT2D eigenvalue weighted by Crippen LogP contribution is -2.17. The van der Waals surface area contributed by atoms with E-state index in [1.807, 2.05) is 24.3 Å². The maximum atomic E-state index is 11.9. The monoisotopic (exact) mass is 326 g/mol. The Bertz CT molecular complexity index is 681. The van der Waals surface area contributed by atoms with Gasteiger partial charge in [0.2, 0.25) is 0 Å². The first kappa shape index (κ1) is 17.5. The number of benzene rings is 2. The number of hydrazone groups is 1. The van der Waals surface area contributed by atoms with Crippen molar-refractivity contribution in [1.29, 1.82) is 0 Å². The number of carbonyl (C=O) groups excluding carboxylic acids is 1. The van der Waals surface area contributed by atoms with E-state index in [1.165, 1.54) is 25.0 Å². The highest BCUT2D eigenvalue weighted by Crippen LogP contribution is 2.15. The van der Waals surface area contributed by atoms with Crippen molar-refractivity contribution in [2.75, 3.05) is 6.61 Å². The van der Waals surface area contributed by atoms with Crippen molar-refractivity contribution in [2.24, 2.45) is 5.10 Å². The second-order valence-corrected chi connectivity index (χ2v) is 5.34. The van der Waals surface area contributed by atoms with Crippen LogP contribution >= 0.6 is 0 Å². The molecule has 0 radical (unpaired) electrons. The number of phenolic OH excluding ortho intramolecular Hbond substituents is 1. The highest BCUT2D eigenvalue weighted by atomic mass is 16.5. The zero-order valence-corrected chi connectivity index (χ0v) is 13.7. The number of carbonyl (C=O) groups is 1. The molecule has 0 aliphatic heterocycles. The van der Waals surface area contributed by atoms with Gasteiger partial charge in [0.1, 0.15) is 11.5 Å². The zero-order chi connectivity index (χ0) is 17.2. The fourth-order valence-electron chi connectivity index (χ4n) is 2.08. The standard InChI is InChI=1S/C19H22N2O3/c1-2-3-6-13-24-16-11-9-15(10-12-16)14-20-21-19(23)17-7-4-5-8-18(17)22/h4-5,7-12,14,22H,2-3,6,13H2,1H3,(H,21,23)/b20-14-. The molecule has 0 saturated carbocycles. The van der Waals surface area contributed by atoms with Gasteiger partial charge in [-0.25, -0.2) is 5.43 Å². The molecule has 2 aromatic rings. The topological polar surface area (TPSA) is 70.9 Å². The molecule has 0 heterocycles. The van der Waals surface area contributed by atoms with Gasteiger partial charge in [-0.3, -0.25) is 4.79 Å². The summed E-state index contributed by atoms with van der Waals surface area (Å²) in [5.74, 6) is 0.288. The van der Waals surface area contributed by atoms with E-state index in [0.29, 0.717) is 0 Å². The third kappa shape index (κ3) is 5.43. The molecule has 24 heavy (non-hydrogen) atoms. The van der Waals surface area contributed by atoms with Gasteiger partial charge in [-0.05, 0) is 48.4 Å². The molecule has 0 aromatic heterocycles. The quantitative estimate of drug-likeness (QED) is 0.441. The largest absolute Gasteiger partial charge is 0.507 e. The number of rotatable bonds is 8. The minimum absolute atomic E-state index is 0.0743. The van der Waals surface area contributed by atoms with Gasteiger partial charge < -0.3 is 9.84 Å². The Morgan fingerprint density at radius 3 is 2.62 bits per heavy atom. The zero-order valence-electron chi connectivity index (χ0n) is 13.7. The van der Waals surface area contributed by atoms with E-state index in [0.717, 1.165) is 24.3 Å². The summed E-state index contributed by atoms with van der Waals surface area (Å²) in [4.78, 5) is 11.9. The van der Waals surface area contributed by atoms with Crippen LogP contribution in [0.1, 0.15) is 42.1 Å². The Morgan fingerprint density at radius 2 is 1.92 bits per heavy atom. The number of hydrogen-bond donors (Lipinski definition) is 2. The number of nitrogens with zero attached hydrogens (tertiary/aromatic N) is 1. The summed E-state index contributed by atoms with van der Waals surface area (Å²) in [5.41, 5.74) is 3.42. The van der Waals surface area contributed by atoms with Crippen LogP contribution in [-0.4, -0.2) is 23.8 Å². The van der Waals surface area contributed by atoms with Crippen molar-refractivity contribution in [3.05, 3.63) is 59.7 Å². The molecular formula is C19H22N2O3. The van der Waals surface area contributed by atoms with Crippen molar-refractivity contribution < 1.29 is 14.6 Å². The van der Waals surface area contributed by atoms with Crippen LogP contribution in [-0.2, 0) is 0 Å². The predicted octanol–water partition coefficient (Wildman–Crippen LogP) is 3.73. The molecular weight excluding hydrogens is 304 g/mol. The molecule has 0 saturated heterocycles. The smallest absolute Gasteiger partial charge is 0.275 e. The average molecular weight is 326 g/mol. The molecule has 0 spiro atoms. The van der Waals surface area contributed by atoms with E-state index in [4.69, 9.17) is 4.74 Å². The molecule has 5 nitrogen and oxygen atoms in total. The van der Waals surface area contributed by atoms with Gasteiger partial charge in [-0.15, -0.1) is 0 Å². The third-order valence-electron chi connectivity index (χ3n) is 3.43. The van der Waals surface area contributed by atoms with E-state index in [2.05, 4.69) is 17.5 Å². The lowest BCUT2D eigenvalue weighted by Gasteiger charge is -2.05. The van der Waals surface area contributed by atoms with E-state index in [-0.39, 0.29) is 11.3 Å². The summed E-state index contributed by atoms with van der Waals surface area (Å²) < 4.78 is 5.63. The lowest BCUT2D eigenvalue weighted by atomic mass is 10.2.